The van der Waals surface area contributed by atoms with Gasteiger partial charge in [-0.05, 0) is 49.4 Å². The Morgan fingerprint density at radius 2 is 1.63 bits per heavy atom. The van der Waals surface area contributed by atoms with Gasteiger partial charge in [0.1, 0.15) is 0 Å². The molecule has 27 heavy (non-hydrogen) atoms. The maximum Gasteiger partial charge on any atom is 0.256 e. The van der Waals surface area contributed by atoms with Gasteiger partial charge in [0.15, 0.2) is 0 Å². The van der Waals surface area contributed by atoms with Gasteiger partial charge >= 0.3 is 0 Å². The highest BCUT2D eigenvalue weighted by Gasteiger charge is 2.25. The van der Waals surface area contributed by atoms with E-state index >= 15 is 0 Å². The van der Waals surface area contributed by atoms with Crippen LogP contribution in [0.2, 0.25) is 0 Å². The van der Waals surface area contributed by atoms with Crippen molar-refractivity contribution >= 4 is 28.7 Å². The summed E-state index contributed by atoms with van der Waals surface area (Å²) in [5, 5.41) is 6.16. The standard InChI is InChI=1S/C23H19N3O/c1-15-8-10-18(11-9-15)26-22-16(2)24-23(27)20-13-12-19(14-21(20)22)25-17-6-4-3-5-7-17/h3-14,25H,2H2,1H3,(H,24,27). The smallest absolute Gasteiger partial charge is 0.256 e. The maximum atomic E-state index is 12.4. The Balaban J connectivity index is 1.77. The Morgan fingerprint density at radius 3 is 2.37 bits per heavy atom. The molecule has 4 nitrogen and oxygen atoms in total. The van der Waals surface area contributed by atoms with Gasteiger partial charge in [0, 0.05) is 22.5 Å². The van der Waals surface area contributed by atoms with E-state index in [9.17, 15) is 4.79 Å². The average molecular weight is 353 g/mol. The van der Waals surface area contributed by atoms with Crippen LogP contribution < -0.4 is 10.6 Å². The van der Waals surface area contributed by atoms with Gasteiger partial charge in [-0.15, -0.1) is 0 Å². The van der Waals surface area contributed by atoms with Crippen LogP contribution in [0.25, 0.3) is 0 Å². The summed E-state index contributed by atoms with van der Waals surface area (Å²) in [6.45, 7) is 6.02. The lowest BCUT2D eigenvalue weighted by Crippen LogP contribution is -2.34. The van der Waals surface area contributed by atoms with Gasteiger partial charge in [0.2, 0.25) is 0 Å². The van der Waals surface area contributed by atoms with E-state index in [0.29, 0.717) is 17.0 Å². The van der Waals surface area contributed by atoms with Crippen molar-refractivity contribution in [2.24, 2.45) is 4.99 Å². The Labute approximate surface area is 158 Å². The van der Waals surface area contributed by atoms with Crippen LogP contribution in [0.4, 0.5) is 17.1 Å². The van der Waals surface area contributed by atoms with Crippen molar-refractivity contribution in [2.75, 3.05) is 5.32 Å². The number of carbonyl (C=O) groups is 1. The topological polar surface area (TPSA) is 53.5 Å². The van der Waals surface area contributed by atoms with E-state index in [4.69, 9.17) is 4.99 Å². The predicted molar refractivity (Wildman–Crippen MR) is 110 cm³/mol. The normalized spacial score (nSPS) is 14.6. The highest BCUT2D eigenvalue weighted by molar-refractivity contribution is 6.24. The van der Waals surface area contributed by atoms with Gasteiger partial charge in [-0.1, -0.05) is 42.5 Å². The molecule has 132 valence electrons. The monoisotopic (exact) mass is 353 g/mol. The third-order valence-electron chi connectivity index (χ3n) is 4.41. The third kappa shape index (κ3) is 3.51. The van der Waals surface area contributed by atoms with E-state index < -0.39 is 0 Å². The lowest BCUT2D eigenvalue weighted by atomic mass is 9.95. The predicted octanol–water partition coefficient (Wildman–Crippen LogP) is 5.12. The Kier molecular flexibility index (Phi) is 4.30. The molecule has 0 aliphatic carbocycles. The zero-order chi connectivity index (χ0) is 18.8. The fourth-order valence-electron chi connectivity index (χ4n) is 3.01. The maximum absolute atomic E-state index is 12.4. The summed E-state index contributed by atoms with van der Waals surface area (Å²) in [4.78, 5) is 17.1. The van der Waals surface area contributed by atoms with Gasteiger partial charge in [-0.2, -0.15) is 0 Å². The number of allylic oxidation sites excluding steroid dienone is 1. The number of aryl methyl sites for hydroxylation is 1. The van der Waals surface area contributed by atoms with Crippen LogP contribution in [0.5, 0.6) is 0 Å². The van der Waals surface area contributed by atoms with E-state index in [2.05, 4.69) is 17.2 Å². The molecular formula is C23H19N3O. The van der Waals surface area contributed by atoms with Crippen LogP contribution in [0.1, 0.15) is 21.5 Å². The SMILES string of the molecule is C=C1NC(=O)c2ccc(Nc3ccccc3)cc2C1=Nc1ccc(C)cc1. The molecule has 0 saturated heterocycles. The van der Waals surface area contributed by atoms with E-state index in [1.807, 2.05) is 79.7 Å². The number of anilines is 2. The molecule has 0 aromatic heterocycles. The Bertz CT molecular complexity index is 1050. The van der Waals surface area contributed by atoms with Gasteiger partial charge < -0.3 is 10.6 Å². The molecule has 0 fully saturated rings. The number of para-hydroxylation sites is 1. The number of rotatable bonds is 3. The van der Waals surface area contributed by atoms with Crippen molar-refractivity contribution in [3.8, 4) is 0 Å². The number of nitrogens with one attached hydrogen (secondary N) is 2. The summed E-state index contributed by atoms with van der Waals surface area (Å²) in [5.41, 5.74) is 6.39. The molecule has 0 unspecified atom stereocenters. The third-order valence-corrected chi connectivity index (χ3v) is 4.41. The minimum atomic E-state index is -0.163. The lowest BCUT2D eigenvalue weighted by Gasteiger charge is -2.22. The first-order valence-electron chi connectivity index (χ1n) is 8.72. The van der Waals surface area contributed by atoms with Crippen LogP contribution in [-0.2, 0) is 0 Å². The highest BCUT2D eigenvalue weighted by Crippen LogP contribution is 2.27. The van der Waals surface area contributed by atoms with Crippen molar-refractivity contribution in [1.82, 2.24) is 5.32 Å². The van der Waals surface area contributed by atoms with Gasteiger partial charge in [0.25, 0.3) is 5.91 Å². The number of amides is 1. The van der Waals surface area contributed by atoms with Crippen LogP contribution in [0.15, 0.2) is 90.1 Å². The van der Waals surface area contributed by atoms with Gasteiger partial charge in [-0.3, -0.25) is 4.79 Å². The minimum Gasteiger partial charge on any atom is -0.356 e. The molecule has 4 rings (SSSR count). The number of nitrogens with zero attached hydrogens (tertiary/aromatic N) is 1. The number of benzene rings is 3. The molecule has 0 radical (unpaired) electrons. The molecular weight excluding hydrogens is 334 g/mol. The number of aliphatic imine (C=N–C) groups is 1. The molecule has 3 aromatic rings. The molecule has 0 saturated carbocycles. The van der Waals surface area contributed by atoms with E-state index in [-0.39, 0.29) is 5.91 Å². The second-order valence-electron chi connectivity index (χ2n) is 6.48. The number of fused-ring (bicyclic) bond motifs is 1. The van der Waals surface area contributed by atoms with Gasteiger partial charge in [0.05, 0.1) is 17.1 Å². The lowest BCUT2D eigenvalue weighted by molar-refractivity contribution is 0.0966. The Hall–Kier alpha value is -3.66. The second-order valence-corrected chi connectivity index (χ2v) is 6.48. The molecule has 3 aromatic carbocycles. The summed E-state index contributed by atoms with van der Waals surface area (Å²) in [7, 11) is 0. The molecule has 0 atom stereocenters. The quantitative estimate of drug-likeness (QED) is 0.687. The van der Waals surface area contributed by atoms with Crippen molar-refractivity contribution in [1.29, 1.82) is 0 Å². The van der Waals surface area contributed by atoms with Crippen molar-refractivity contribution in [2.45, 2.75) is 6.92 Å². The number of hydrogen-bond acceptors (Lipinski definition) is 3. The molecule has 0 spiro atoms. The van der Waals surface area contributed by atoms with Gasteiger partial charge in [-0.25, -0.2) is 4.99 Å². The first-order chi connectivity index (χ1) is 13.1. The van der Waals surface area contributed by atoms with E-state index in [1.165, 1.54) is 5.56 Å². The van der Waals surface area contributed by atoms with Crippen LogP contribution in [0.3, 0.4) is 0 Å². The molecule has 1 aliphatic heterocycles. The largest absolute Gasteiger partial charge is 0.356 e. The van der Waals surface area contributed by atoms with E-state index in [1.54, 1.807) is 0 Å². The zero-order valence-electron chi connectivity index (χ0n) is 15.0. The molecule has 4 heteroatoms. The molecule has 1 amide bonds. The first kappa shape index (κ1) is 16.8. The number of hydrogen-bond donors (Lipinski definition) is 2. The summed E-state index contributed by atoms with van der Waals surface area (Å²) < 4.78 is 0. The Morgan fingerprint density at radius 1 is 0.889 bits per heavy atom. The van der Waals surface area contributed by atoms with E-state index in [0.717, 1.165) is 22.6 Å². The molecule has 2 N–H and O–H groups in total. The van der Waals surface area contributed by atoms with Crippen molar-refractivity contribution < 1.29 is 4.79 Å². The fraction of sp³-hybridized carbons (Fsp3) is 0.0435. The molecule has 1 aliphatic rings. The highest BCUT2D eigenvalue weighted by atomic mass is 16.1. The van der Waals surface area contributed by atoms with Crippen LogP contribution in [-0.4, -0.2) is 11.6 Å². The molecule has 0 bridgehead atoms. The number of carbonyl (C=O) groups excluding carboxylic acids is 1. The summed E-state index contributed by atoms with van der Waals surface area (Å²) in [5.74, 6) is -0.163. The summed E-state index contributed by atoms with van der Waals surface area (Å²) in [6, 6.07) is 23.5. The van der Waals surface area contributed by atoms with Crippen LogP contribution >= 0.6 is 0 Å². The van der Waals surface area contributed by atoms with Crippen molar-refractivity contribution in [3.05, 3.63) is 102 Å². The summed E-state index contributed by atoms with van der Waals surface area (Å²) in [6.07, 6.45) is 0. The second kappa shape index (κ2) is 6.92. The first-order valence-corrected chi connectivity index (χ1v) is 8.72. The van der Waals surface area contributed by atoms with Crippen molar-refractivity contribution in [3.63, 3.8) is 0 Å². The minimum absolute atomic E-state index is 0.163. The zero-order valence-corrected chi connectivity index (χ0v) is 15.0. The fourth-order valence-corrected chi connectivity index (χ4v) is 3.01. The molecule has 1 heterocycles. The summed E-state index contributed by atoms with van der Waals surface area (Å²) >= 11 is 0. The average Bonchev–Trinajstić information content (AvgIpc) is 2.67. The van der Waals surface area contributed by atoms with Crippen LogP contribution in [0, 0.1) is 6.92 Å².